The molecule has 102 valence electrons. The summed E-state index contributed by atoms with van der Waals surface area (Å²) in [5.74, 6) is -0.101. The lowest BCUT2D eigenvalue weighted by Gasteiger charge is -2.09. The number of aromatic nitrogens is 1. The molecule has 20 heavy (non-hydrogen) atoms. The van der Waals surface area contributed by atoms with E-state index in [4.69, 9.17) is 0 Å². The van der Waals surface area contributed by atoms with Crippen LogP contribution >= 0.6 is 0 Å². The minimum Gasteiger partial charge on any atom is -0.303 e. The van der Waals surface area contributed by atoms with Crippen LogP contribution in [0.1, 0.15) is 41.2 Å². The summed E-state index contributed by atoms with van der Waals surface area (Å²) in [5.41, 5.74) is 1.50. The van der Waals surface area contributed by atoms with Crippen molar-refractivity contribution in [3.63, 3.8) is 0 Å². The number of hydrogen-bond acceptors (Lipinski definition) is 3. The highest BCUT2D eigenvalue weighted by Crippen LogP contribution is 2.20. The van der Waals surface area contributed by atoms with Crippen LogP contribution in [0.2, 0.25) is 0 Å². The lowest BCUT2D eigenvalue weighted by Crippen LogP contribution is -2.04. The molecule has 3 nitrogen and oxygen atoms in total. The van der Waals surface area contributed by atoms with Gasteiger partial charge in [0.05, 0.1) is 0 Å². The summed E-state index contributed by atoms with van der Waals surface area (Å²) in [7, 11) is 0. The summed E-state index contributed by atoms with van der Waals surface area (Å²) in [5, 5.41) is 0. The fourth-order valence-corrected chi connectivity index (χ4v) is 2.15. The molecule has 0 radical (unpaired) electrons. The van der Waals surface area contributed by atoms with Crippen LogP contribution in [0.5, 0.6) is 0 Å². The van der Waals surface area contributed by atoms with Gasteiger partial charge in [0, 0.05) is 18.5 Å². The van der Waals surface area contributed by atoms with Gasteiger partial charge in [0.2, 0.25) is 0 Å². The van der Waals surface area contributed by atoms with Crippen LogP contribution in [0.4, 0.5) is 0 Å². The van der Waals surface area contributed by atoms with Crippen LogP contribution < -0.4 is 0 Å². The highest BCUT2D eigenvalue weighted by molar-refractivity contribution is 5.94. The number of pyridine rings is 1. The summed E-state index contributed by atoms with van der Waals surface area (Å²) in [6.07, 6.45) is 4.37. The maximum Gasteiger partial charge on any atom is 0.181 e. The maximum absolute atomic E-state index is 11.9. The Hall–Kier alpha value is -2.29. The van der Waals surface area contributed by atoms with Gasteiger partial charge in [-0.25, -0.2) is 0 Å². The summed E-state index contributed by atoms with van der Waals surface area (Å²) >= 11 is 0. The van der Waals surface area contributed by atoms with E-state index in [9.17, 15) is 9.59 Å². The number of ketones is 1. The Kier molecular flexibility index (Phi) is 5.18. The Morgan fingerprint density at radius 1 is 1.10 bits per heavy atom. The quantitative estimate of drug-likeness (QED) is 0.570. The minimum atomic E-state index is -0.132. The molecular formula is C17H17NO2. The monoisotopic (exact) mass is 267 g/mol. The van der Waals surface area contributed by atoms with Gasteiger partial charge in [0.1, 0.15) is 12.0 Å². The van der Waals surface area contributed by atoms with Crippen molar-refractivity contribution in [1.82, 2.24) is 4.98 Å². The second-order valence-corrected chi connectivity index (χ2v) is 4.68. The molecule has 2 rings (SSSR count). The molecule has 1 aromatic carbocycles. The van der Waals surface area contributed by atoms with E-state index in [1.165, 1.54) is 0 Å². The molecule has 3 heteroatoms. The van der Waals surface area contributed by atoms with Crippen LogP contribution in [-0.2, 0) is 4.79 Å². The molecule has 0 saturated heterocycles. The van der Waals surface area contributed by atoms with E-state index in [2.05, 4.69) is 4.98 Å². The highest BCUT2D eigenvalue weighted by Gasteiger charge is 2.12. The largest absolute Gasteiger partial charge is 0.303 e. The molecule has 0 aliphatic heterocycles. The second-order valence-electron chi connectivity index (χ2n) is 4.68. The summed E-state index contributed by atoms with van der Waals surface area (Å²) in [4.78, 5) is 27.1. The van der Waals surface area contributed by atoms with E-state index in [1.807, 2.05) is 30.3 Å². The van der Waals surface area contributed by atoms with Gasteiger partial charge in [-0.2, -0.15) is 0 Å². The molecule has 0 N–H and O–H groups in total. The Bertz CT molecular complexity index is 552. The number of rotatable bonds is 7. The van der Waals surface area contributed by atoms with Gasteiger partial charge in [0.15, 0.2) is 5.78 Å². The van der Waals surface area contributed by atoms with Crippen molar-refractivity contribution in [1.29, 1.82) is 0 Å². The molecule has 1 atom stereocenters. The molecule has 0 aliphatic rings. The van der Waals surface area contributed by atoms with E-state index in [0.717, 1.165) is 11.8 Å². The number of Topliss-reactive ketones (excluding diaryl/α,β-unsaturated/α-hetero) is 1. The number of hydrogen-bond donors (Lipinski definition) is 0. The molecule has 0 aliphatic carbocycles. The highest BCUT2D eigenvalue weighted by atomic mass is 16.1. The number of carbonyl (C=O) groups excluding carboxylic acids is 2. The normalized spacial score (nSPS) is 11.8. The number of aldehydes is 1. The first-order valence-electron chi connectivity index (χ1n) is 6.75. The van der Waals surface area contributed by atoms with Crippen LogP contribution in [0, 0.1) is 0 Å². The summed E-state index contributed by atoms with van der Waals surface area (Å²) in [6.45, 7) is 0. The van der Waals surface area contributed by atoms with Gasteiger partial charge in [-0.3, -0.25) is 9.78 Å². The maximum atomic E-state index is 11.9. The van der Waals surface area contributed by atoms with Crippen molar-refractivity contribution in [2.75, 3.05) is 0 Å². The third kappa shape index (κ3) is 3.85. The summed E-state index contributed by atoms with van der Waals surface area (Å²) < 4.78 is 0. The molecule has 0 saturated carbocycles. The van der Waals surface area contributed by atoms with Crippen molar-refractivity contribution >= 4 is 12.1 Å². The molecule has 1 unspecified atom stereocenters. The Balaban J connectivity index is 1.86. The molecule has 0 bridgehead atoms. The van der Waals surface area contributed by atoms with E-state index in [0.29, 0.717) is 25.0 Å². The predicted molar refractivity (Wildman–Crippen MR) is 77.7 cm³/mol. The van der Waals surface area contributed by atoms with E-state index < -0.39 is 0 Å². The lowest BCUT2D eigenvalue weighted by atomic mass is 9.94. The van der Waals surface area contributed by atoms with Crippen molar-refractivity contribution < 1.29 is 9.59 Å². The zero-order chi connectivity index (χ0) is 14.2. The molecule has 0 spiro atoms. The molecule has 0 amide bonds. The Labute approximate surface area is 118 Å². The number of benzene rings is 1. The third-order valence-electron chi connectivity index (χ3n) is 3.26. The first-order valence-corrected chi connectivity index (χ1v) is 6.75. The molecule has 1 heterocycles. The number of nitrogens with zero attached hydrogens (tertiary/aromatic N) is 1. The van der Waals surface area contributed by atoms with E-state index in [-0.39, 0.29) is 11.7 Å². The summed E-state index contributed by atoms with van der Waals surface area (Å²) in [6, 6.07) is 15.0. The molecular weight excluding hydrogens is 250 g/mol. The first kappa shape index (κ1) is 14.1. The first-order chi connectivity index (χ1) is 9.81. The fourth-order valence-electron chi connectivity index (χ4n) is 2.15. The standard InChI is InChI=1S/C17H17NO2/c19-13-15(14-7-2-1-3-8-14)9-6-11-17(20)16-10-4-5-12-18-16/h1-5,7-8,10,12-13,15H,6,9,11H2. The lowest BCUT2D eigenvalue weighted by molar-refractivity contribution is -0.109. The number of carbonyl (C=O) groups is 2. The third-order valence-corrected chi connectivity index (χ3v) is 3.26. The van der Waals surface area contributed by atoms with Crippen LogP contribution in [0.25, 0.3) is 0 Å². The fraction of sp³-hybridized carbons (Fsp3) is 0.235. The van der Waals surface area contributed by atoms with Gasteiger partial charge in [-0.05, 0) is 30.5 Å². The average Bonchev–Trinajstić information content (AvgIpc) is 2.53. The van der Waals surface area contributed by atoms with Crippen molar-refractivity contribution in [2.45, 2.75) is 25.2 Å². The minimum absolute atomic E-state index is 0.0308. The van der Waals surface area contributed by atoms with Gasteiger partial charge >= 0.3 is 0 Å². The molecule has 2 aromatic rings. The zero-order valence-corrected chi connectivity index (χ0v) is 11.2. The van der Waals surface area contributed by atoms with Crippen LogP contribution in [0.3, 0.4) is 0 Å². The van der Waals surface area contributed by atoms with Gasteiger partial charge in [-0.1, -0.05) is 36.4 Å². The Morgan fingerprint density at radius 3 is 2.50 bits per heavy atom. The van der Waals surface area contributed by atoms with Gasteiger partial charge < -0.3 is 4.79 Å². The van der Waals surface area contributed by atoms with Crippen molar-refractivity contribution in [3.8, 4) is 0 Å². The second kappa shape index (κ2) is 7.34. The van der Waals surface area contributed by atoms with Crippen LogP contribution in [0.15, 0.2) is 54.7 Å². The Morgan fingerprint density at radius 2 is 1.85 bits per heavy atom. The van der Waals surface area contributed by atoms with E-state index >= 15 is 0 Å². The van der Waals surface area contributed by atoms with Gasteiger partial charge in [-0.15, -0.1) is 0 Å². The molecule has 1 aromatic heterocycles. The smallest absolute Gasteiger partial charge is 0.181 e. The van der Waals surface area contributed by atoms with Crippen molar-refractivity contribution in [2.24, 2.45) is 0 Å². The van der Waals surface area contributed by atoms with Gasteiger partial charge in [0.25, 0.3) is 0 Å². The topological polar surface area (TPSA) is 47.0 Å². The molecule has 0 fully saturated rings. The zero-order valence-electron chi connectivity index (χ0n) is 11.2. The average molecular weight is 267 g/mol. The van der Waals surface area contributed by atoms with E-state index in [1.54, 1.807) is 24.4 Å². The van der Waals surface area contributed by atoms with Crippen LogP contribution in [-0.4, -0.2) is 17.1 Å². The SMILES string of the molecule is O=CC(CCCC(=O)c1ccccn1)c1ccccc1. The van der Waals surface area contributed by atoms with Crippen molar-refractivity contribution in [3.05, 3.63) is 66.0 Å². The predicted octanol–water partition coefficient (Wildman–Crippen LogP) is 3.42.